The first-order valence-corrected chi connectivity index (χ1v) is 20.3. The van der Waals surface area contributed by atoms with Gasteiger partial charge in [-0.3, -0.25) is 0 Å². The van der Waals surface area contributed by atoms with E-state index >= 15 is 0 Å². The molecule has 0 radical (unpaired) electrons. The van der Waals surface area contributed by atoms with Crippen LogP contribution in [-0.4, -0.2) is 9.13 Å². The van der Waals surface area contributed by atoms with Gasteiger partial charge in [-0.2, -0.15) is 0 Å². The van der Waals surface area contributed by atoms with Crippen LogP contribution in [0.1, 0.15) is 0 Å². The number of anilines is 3. The van der Waals surface area contributed by atoms with E-state index in [9.17, 15) is 0 Å². The van der Waals surface area contributed by atoms with Gasteiger partial charge in [-0.05, 0) is 112 Å². The maximum absolute atomic E-state index is 2.46. The molecule has 2 aromatic heterocycles. The largest absolute Gasteiger partial charge is 0.310 e. The third-order valence-corrected chi connectivity index (χ3v) is 12.0. The first-order chi connectivity index (χ1) is 29.3. The van der Waals surface area contributed by atoms with Crippen LogP contribution in [-0.2, 0) is 0 Å². The smallest absolute Gasteiger partial charge is 0.0562 e. The Labute approximate surface area is 341 Å². The van der Waals surface area contributed by atoms with Crippen molar-refractivity contribution in [2.75, 3.05) is 4.90 Å². The number of hydrogen-bond acceptors (Lipinski definition) is 1. The lowest BCUT2D eigenvalue weighted by Crippen LogP contribution is -2.10. The molecule has 59 heavy (non-hydrogen) atoms. The van der Waals surface area contributed by atoms with E-state index < -0.39 is 0 Å². The first-order valence-electron chi connectivity index (χ1n) is 20.3. The lowest BCUT2D eigenvalue weighted by atomic mass is 10.00. The lowest BCUT2D eigenvalue weighted by Gasteiger charge is -2.27. The maximum atomic E-state index is 2.46. The van der Waals surface area contributed by atoms with E-state index in [1.807, 2.05) is 0 Å². The fraction of sp³-hybridized carbons (Fsp3) is 0. The summed E-state index contributed by atoms with van der Waals surface area (Å²) in [6, 6.07) is 81.8. The van der Waals surface area contributed by atoms with Gasteiger partial charge in [-0.1, -0.05) is 146 Å². The Balaban J connectivity index is 1.10. The average Bonchev–Trinajstić information content (AvgIpc) is 3.83. The van der Waals surface area contributed by atoms with E-state index in [0.717, 1.165) is 34.0 Å². The number of rotatable bonds is 6. The van der Waals surface area contributed by atoms with Crippen molar-refractivity contribution in [3.05, 3.63) is 224 Å². The highest BCUT2D eigenvalue weighted by atomic mass is 15.1. The molecule has 0 aliphatic carbocycles. The minimum Gasteiger partial charge on any atom is -0.310 e. The van der Waals surface area contributed by atoms with E-state index in [1.165, 1.54) is 70.7 Å². The molecule has 0 atom stereocenters. The monoisotopic (exact) mass is 751 g/mol. The summed E-state index contributed by atoms with van der Waals surface area (Å²) in [6.45, 7) is 0. The number of benzene rings is 10. The Morgan fingerprint density at radius 2 is 0.831 bits per heavy atom. The molecule has 0 fully saturated rings. The fourth-order valence-corrected chi connectivity index (χ4v) is 9.44. The SMILES string of the molecule is c1ccc(-n2c3ccccc3c3ccc(-c4cccc(N(c5ccc6c(ccc7ccccc76)c5)c5cccc6c5c5ccccc5n6-c5ccccc5)c4)cc32)cc1. The van der Waals surface area contributed by atoms with Crippen molar-refractivity contribution >= 4 is 82.2 Å². The second-order valence-electron chi connectivity index (χ2n) is 15.4. The molecular formula is C56H37N3. The minimum absolute atomic E-state index is 1.09. The van der Waals surface area contributed by atoms with E-state index in [0.29, 0.717) is 0 Å². The molecule has 0 saturated heterocycles. The van der Waals surface area contributed by atoms with Gasteiger partial charge < -0.3 is 14.0 Å². The molecule has 0 unspecified atom stereocenters. The Morgan fingerprint density at radius 3 is 1.63 bits per heavy atom. The van der Waals surface area contributed by atoms with E-state index in [-0.39, 0.29) is 0 Å². The van der Waals surface area contributed by atoms with Crippen molar-refractivity contribution in [1.82, 2.24) is 9.13 Å². The number of fused-ring (bicyclic) bond motifs is 9. The summed E-state index contributed by atoms with van der Waals surface area (Å²) in [5.74, 6) is 0. The van der Waals surface area contributed by atoms with Crippen molar-refractivity contribution in [2.45, 2.75) is 0 Å². The van der Waals surface area contributed by atoms with Crippen LogP contribution in [0, 0.1) is 0 Å². The van der Waals surface area contributed by atoms with Crippen molar-refractivity contribution in [3.63, 3.8) is 0 Å². The zero-order chi connectivity index (χ0) is 38.9. The quantitative estimate of drug-likeness (QED) is 0.154. The van der Waals surface area contributed by atoms with Gasteiger partial charge >= 0.3 is 0 Å². The molecule has 0 N–H and O–H groups in total. The minimum atomic E-state index is 1.09. The zero-order valence-corrected chi connectivity index (χ0v) is 32.2. The van der Waals surface area contributed by atoms with Gasteiger partial charge in [0.1, 0.15) is 0 Å². The van der Waals surface area contributed by atoms with Crippen LogP contribution in [0.2, 0.25) is 0 Å². The summed E-state index contributed by atoms with van der Waals surface area (Å²) in [5.41, 5.74) is 12.7. The second kappa shape index (κ2) is 13.4. The standard InChI is InChI=1S/C56H37N3/c1-3-17-42(18-4-1)58-52-26-12-10-24-50(52)56-53(27-14-28-54(56)58)57(45-32-34-47-41(36-45)30-29-38-15-7-8-22-46(38)47)44-21-13-16-39(35-44)40-31-33-49-48-23-9-11-25-51(48)59(55(49)37-40)43-19-5-2-6-20-43/h1-37H. The molecule has 0 saturated carbocycles. The van der Waals surface area contributed by atoms with Gasteiger partial charge in [0.25, 0.3) is 0 Å². The molecule has 3 heteroatoms. The highest BCUT2D eigenvalue weighted by Gasteiger charge is 2.22. The molecule has 2 heterocycles. The Hall–Kier alpha value is -7.88. The van der Waals surface area contributed by atoms with Crippen LogP contribution in [0.4, 0.5) is 17.1 Å². The summed E-state index contributed by atoms with van der Waals surface area (Å²) in [7, 11) is 0. The molecule has 0 bridgehead atoms. The molecule has 276 valence electrons. The molecule has 0 amide bonds. The maximum Gasteiger partial charge on any atom is 0.0562 e. The molecule has 10 aromatic carbocycles. The third-order valence-electron chi connectivity index (χ3n) is 12.0. The van der Waals surface area contributed by atoms with Gasteiger partial charge in [0, 0.05) is 44.3 Å². The predicted octanol–water partition coefficient (Wildman–Crippen LogP) is 15.3. The number of aromatic nitrogens is 2. The van der Waals surface area contributed by atoms with Crippen LogP contribution >= 0.6 is 0 Å². The molecule has 12 aromatic rings. The van der Waals surface area contributed by atoms with Gasteiger partial charge in [0.2, 0.25) is 0 Å². The predicted molar refractivity (Wildman–Crippen MR) is 250 cm³/mol. The Kier molecular flexibility index (Phi) is 7.54. The number of nitrogens with zero attached hydrogens (tertiary/aromatic N) is 3. The highest BCUT2D eigenvalue weighted by molar-refractivity contribution is 6.17. The van der Waals surface area contributed by atoms with Crippen molar-refractivity contribution in [3.8, 4) is 22.5 Å². The molecule has 12 rings (SSSR count). The van der Waals surface area contributed by atoms with Crippen molar-refractivity contribution < 1.29 is 0 Å². The molecule has 3 nitrogen and oxygen atoms in total. The Bertz CT molecular complexity index is 3560. The van der Waals surface area contributed by atoms with E-state index in [2.05, 4.69) is 238 Å². The first kappa shape index (κ1) is 33.3. The van der Waals surface area contributed by atoms with Gasteiger partial charge in [-0.15, -0.1) is 0 Å². The van der Waals surface area contributed by atoms with Gasteiger partial charge in [0.05, 0.1) is 27.8 Å². The molecule has 0 spiro atoms. The zero-order valence-electron chi connectivity index (χ0n) is 32.2. The van der Waals surface area contributed by atoms with Crippen LogP contribution < -0.4 is 4.90 Å². The van der Waals surface area contributed by atoms with E-state index in [1.54, 1.807) is 0 Å². The summed E-state index contributed by atoms with van der Waals surface area (Å²) in [5, 5.41) is 9.90. The van der Waals surface area contributed by atoms with Crippen LogP contribution in [0.25, 0.3) is 87.7 Å². The molecule has 0 aliphatic heterocycles. The van der Waals surface area contributed by atoms with E-state index in [4.69, 9.17) is 0 Å². The Morgan fingerprint density at radius 1 is 0.288 bits per heavy atom. The van der Waals surface area contributed by atoms with Crippen molar-refractivity contribution in [1.29, 1.82) is 0 Å². The fourth-order valence-electron chi connectivity index (χ4n) is 9.44. The molecule has 0 aliphatic rings. The van der Waals surface area contributed by atoms with Gasteiger partial charge in [-0.25, -0.2) is 0 Å². The van der Waals surface area contributed by atoms with Gasteiger partial charge in [0.15, 0.2) is 0 Å². The highest BCUT2D eigenvalue weighted by Crippen LogP contribution is 2.45. The number of hydrogen-bond donors (Lipinski definition) is 0. The third kappa shape index (κ3) is 5.29. The lowest BCUT2D eigenvalue weighted by molar-refractivity contribution is 1.18. The normalized spacial score (nSPS) is 11.7. The summed E-state index contributed by atoms with van der Waals surface area (Å²) < 4.78 is 4.79. The second-order valence-corrected chi connectivity index (χ2v) is 15.4. The van der Waals surface area contributed by atoms with Crippen LogP contribution in [0.3, 0.4) is 0 Å². The topological polar surface area (TPSA) is 13.1 Å². The van der Waals surface area contributed by atoms with Crippen molar-refractivity contribution in [2.24, 2.45) is 0 Å². The summed E-state index contributed by atoms with van der Waals surface area (Å²) in [6.07, 6.45) is 0. The summed E-state index contributed by atoms with van der Waals surface area (Å²) in [4.78, 5) is 2.46. The van der Waals surface area contributed by atoms with Crippen LogP contribution in [0.15, 0.2) is 224 Å². The summed E-state index contributed by atoms with van der Waals surface area (Å²) >= 11 is 0. The van der Waals surface area contributed by atoms with Crippen LogP contribution in [0.5, 0.6) is 0 Å². The average molecular weight is 752 g/mol. The number of para-hydroxylation sites is 4. The molecular weight excluding hydrogens is 715 g/mol.